The standard InChI is InChI=1S/C19H20ClN5O2/c1-26-12-14-5-2-3-8-16(14)23-19(21)22-10-9-17-24-18(25-27-17)13-6-4-7-15(20)11-13/h2-8,11H,9-10,12H2,1H3,(H3,21,22,23). The summed E-state index contributed by atoms with van der Waals surface area (Å²) < 4.78 is 10.4. The van der Waals surface area contributed by atoms with Crippen molar-refractivity contribution in [3.8, 4) is 11.4 Å². The maximum Gasteiger partial charge on any atom is 0.228 e. The van der Waals surface area contributed by atoms with E-state index in [0.29, 0.717) is 42.3 Å². The van der Waals surface area contributed by atoms with Crippen LogP contribution in [0.1, 0.15) is 11.5 Å². The highest BCUT2D eigenvalue weighted by Gasteiger charge is 2.09. The minimum Gasteiger partial charge on any atom is -0.380 e. The number of aliphatic imine (C=N–C) groups is 1. The van der Waals surface area contributed by atoms with Gasteiger partial charge in [0.15, 0.2) is 5.96 Å². The number of hydrogen-bond donors (Lipinski definition) is 2. The average molecular weight is 386 g/mol. The number of nitrogens with two attached hydrogens (primary N) is 1. The molecule has 0 fully saturated rings. The molecule has 3 rings (SSSR count). The second-order valence-electron chi connectivity index (χ2n) is 5.75. The number of benzene rings is 2. The van der Waals surface area contributed by atoms with E-state index >= 15 is 0 Å². The number of methoxy groups -OCH3 is 1. The molecule has 27 heavy (non-hydrogen) atoms. The van der Waals surface area contributed by atoms with Gasteiger partial charge in [0.05, 0.1) is 13.2 Å². The van der Waals surface area contributed by atoms with Crippen LogP contribution >= 0.6 is 11.6 Å². The zero-order valence-corrected chi connectivity index (χ0v) is 15.6. The Labute approximate surface area is 162 Å². The van der Waals surface area contributed by atoms with Crippen molar-refractivity contribution in [3.63, 3.8) is 0 Å². The zero-order chi connectivity index (χ0) is 19.1. The second-order valence-corrected chi connectivity index (χ2v) is 6.19. The van der Waals surface area contributed by atoms with Crippen molar-refractivity contribution in [2.24, 2.45) is 10.7 Å². The molecule has 0 aliphatic heterocycles. The third-order valence-electron chi connectivity index (χ3n) is 3.74. The summed E-state index contributed by atoms with van der Waals surface area (Å²) in [5.41, 5.74) is 8.63. The molecule has 0 spiro atoms. The van der Waals surface area contributed by atoms with Crippen LogP contribution in [-0.4, -0.2) is 29.8 Å². The third kappa shape index (κ3) is 5.29. The van der Waals surface area contributed by atoms with E-state index in [9.17, 15) is 0 Å². The summed E-state index contributed by atoms with van der Waals surface area (Å²) in [6.45, 7) is 0.910. The van der Waals surface area contributed by atoms with Crippen molar-refractivity contribution >= 4 is 23.2 Å². The maximum atomic E-state index is 5.98. The molecule has 0 saturated carbocycles. The lowest BCUT2D eigenvalue weighted by atomic mass is 10.2. The molecule has 0 amide bonds. The lowest BCUT2D eigenvalue weighted by molar-refractivity contribution is 0.185. The molecular weight excluding hydrogens is 366 g/mol. The molecule has 3 aromatic rings. The second kappa shape index (κ2) is 9.16. The summed E-state index contributed by atoms with van der Waals surface area (Å²) in [6.07, 6.45) is 0.482. The molecule has 0 radical (unpaired) electrons. The Morgan fingerprint density at radius 3 is 2.93 bits per heavy atom. The molecule has 0 bridgehead atoms. The number of hydrogen-bond acceptors (Lipinski definition) is 5. The van der Waals surface area contributed by atoms with Crippen LogP contribution < -0.4 is 11.1 Å². The van der Waals surface area contributed by atoms with Gasteiger partial charge < -0.3 is 20.3 Å². The van der Waals surface area contributed by atoms with E-state index in [1.807, 2.05) is 36.4 Å². The minimum atomic E-state index is 0.313. The average Bonchev–Trinajstić information content (AvgIpc) is 3.12. The van der Waals surface area contributed by atoms with E-state index in [0.717, 1.165) is 16.8 Å². The molecule has 0 unspecified atom stereocenters. The van der Waals surface area contributed by atoms with Gasteiger partial charge >= 0.3 is 0 Å². The van der Waals surface area contributed by atoms with Gasteiger partial charge in [-0.05, 0) is 18.2 Å². The molecule has 0 saturated heterocycles. The molecule has 0 aliphatic rings. The van der Waals surface area contributed by atoms with Gasteiger partial charge in [-0.25, -0.2) is 0 Å². The van der Waals surface area contributed by atoms with Gasteiger partial charge in [0, 0.05) is 35.4 Å². The molecule has 0 atom stereocenters. The van der Waals surface area contributed by atoms with Crippen LogP contribution in [0, 0.1) is 0 Å². The normalized spacial score (nSPS) is 11.6. The van der Waals surface area contributed by atoms with E-state index in [4.69, 9.17) is 26.6 Å². The highest BCUT2D eigenvalue weighted by atomic mass is 35.5. The van der Waals surface area contributed by atoms with Crippen LogP contribution in [0.2, 0.25) is 5.02 Å². The van der Waals surface area contributed by atoms with Crippen molar-refractivity contribution in [3.05, 3.63) is 65.0 Å². The van der Waals surface area contributed by atoms with E-state index in [2.05, 4.69) is 20.4 Å². The van der Waals surface area contributed by atoms with Crippen molar-refractivity contribution in [1.82, 2.24) is 10.1 Å². The number of para-hydroxylation sites is 1. The highest BCUT2D eigenvalue weighted by molar-refractivity contribution is 6.30. The van der Waals surface area contributed by atoms with Gasteiger partial charge in [0.25, 0.3) is 0 Å². The fourth-order valence-electron chi connectivity index (χ4n) is 2.47. The van der Waals surface area contributed by atoms with Crippen LogP contribution in [0.3, 0.4) is 0 Å². The van der Waals surface area contributed by atoms with Crippen molar-refractivity contribution < 1.29 is 9.26 Å². The van der Waals surface area contributed by atoms with E-state index in [1.165, 1.54) is 0 Å². The first-order valence-corrected chi connectivity index (χ1v) is 8.76. The van der Waals surface area contributed by atoms with E-state index in [-0.39, 0.29) is 0 Å². The quantitative estimate of drug-likeness (QED) is 0.477. The maximum absolute atomic E-state index is 5.98. The smallest absolute Gasteiger partial charge is 0.228 e. The summed E-state index contributed by atoms with van der Waals surface area (Å²) in [6, 6.07) is 15.0. The molecular formula is C19H20ClN5O2. The Morgan fingerprint density at radius 1 is 1.26 bits per heavy atom. The summed E-state index contributed by atoms with van der Waals surface area (Å²) in [7, 11) is 1.65. The number of nitrogens with one attached hydrogen (secondary N) is 1. The van der Waals surface area contributed by atoms with Crippen LogP contribution in [0.4, 0.5) is 5.69 Å². The molecule has 1 heterocycles. The van der Waals surface area contributed by atoms with Crippen LogP contribution in [-0.2, 0) is 17.8 Å². The number of aromatic nitrogens is 2. The fourth-order valence-corrected chi connectivity index (χ4v) is 2.66. The number of ether oxygens (including phenoxy) is 1. The molecule has 1 aromatic heterocycles. The Bertz CT molecular complexity index is 926. The number of halogens is 1. The third-order valence-corrected chi connectivity index (χ3v) is 3.97. The van der Waals surface area contributed by atoms with E-state index in [1.54, 1.807) is 19.2 Å². The van der Waals surface area contributed by atoms with Crippen molar-refractivity contribution in [2.45, 2.75) is 13.0 Å². The Morgan fingerprint density at radius 2 is 2.11 bits per heavy atom. The monoisotopic (exact) mass is 385 g/mol. The highest BCUT2D eigenvalue weighted by Crippen LogP contribution is 2.20. The summed E-state index contributed by atoms with van der Waals surface area (Å²) in [4.78, 5) is 8.66. The van der Waals surface area contributed by atoms with Gasteiger partial charge in [-0.15, -0.1) is 0 Å². The first-order valence-electron chi connectivity index (χ1n) is 8.38. The molecule has 0 aliphatic carbocycles. The van der Waals surface area contributed by atoms with E-state index < -0.39 is 0 Å². The molecule has 2 aromatic carbocycles. The molecule has 3 N–H and O–H groups in total. The largest absolute Gasteiger partial charge is 0.380 e. The number of rotatable bonds is 7. The summed E-state index contributed by atoms with van der Waals surface area (Å²) >= 11 is 5.98. The lowest BCUT2D eigenvalue weighted by Gasteiger charge is -2.10. The van der Waals surface area contributed by atoms with Crippen molar-refractivity contribution in [1.29, 1.82) is 0 Å². The van der Waals surface area contributed by atoms with Gasteiger partial charge in [-0.2, -0.15) is 4.98 Å². The fraction of sp³-hybridized carbons (Fsp3) is 0.211. The minimum absolute atomic E-state index is 0.313. The first-order chi connectivity index (χ1) is 13.2. The SMILES string of the molecule is COCc1ccccc1NC(N)=NCCc1nc(-c2cccc(Cl)c2)no1. The topological polar surface area (TPSA) is 98.6 Å². The Balaban J connectivity index is 1.58. The predicted molar refractivity (Wildman–Crippen MR) is 106 cm³/mol. The number of anilines is 1. The number of nitrogens with zero attached hydrogens (tertiary/aromatic N) is 3. The molecule has 140 valence electrons. The van der Waals surface area contributed by atoms with Gasteiger partial charge in [-0.3, -0.25) is 4.99 Å². The van der Waals surface area contributed by atoms with Crippen molar-refractivity contribution in [2.75, 3.05) is 19.0 Å². The summed E-state index contributed by atoms with van der Waals surface area (Å²) in [5, 5.41) is 7.68. The van der Waals surface area contributed by atoms with Gasteiger partial charge in [0.1, 0.15) is 0 Å². The first kappa shape index (κ1) is 18.9. The van der Waals surface area contributed by atoms with Crippen LogP contribution in [0.5, 0.6) is 0 Å². The summed E-state index contributed by atoms with van der Waals surface area (Å²) in [5.74, 6) is 1.30. The van der Waals surface area contributed by atoms with Crippen LogP contribution in [0.15, 0.2) is 58.0 Å². The van der Waals surface area contributed by atoms with Gasteiger partial charge in [0.2, 0.25) is 11.7 Å². The van der Waals surface area contributed by atoms with Gasteiger partial charge in [-0.1, -0.05) is 47.1 Å². The lowest BCUT2D eigenvalue weighted by Crippen LogP contribution is -2.23. The molecule has 8 heteroatoms. The molecule has 7 nitrogen and oxygen atoms in total. The van der Waals surface area contributed by atoms with Crippen LogP contribution in [0.25, 0.3) is 11.4 Å². The predicted octanol–water partition coefficient (Wildman–Crippen LogP) is 3.51. The number of guanidine groups is 1. The zero-order valence-electron chi connectivity index (χ0n) is 14.9. The Kier molecular flexibility index (Phi) is 6.40. The Hall–Kier alpha value is -2.90.